The highest BCUT2D eigenvalue weighted by Crippen LogP contribution is 2.34. The fourth-order valence-electron chi connectivity index (χ4n) is 11.2. The Morgan fingerprint density at radius 1 is 0.531 bits per heavy atom. The summed E-state index contributed by atoms with van der Waals surface area (Å²) in [6, 6.07) is 16.7. The van der Waals surface area contributed by atoms with Gasteiger partial charge >= 0.3 is 0 Å². The minimum Gasteiger partial charge on any atom is -0.497 e. The molecule has 1 unspecified atom stereocenters. The molecule has 0 radical (unpaired) electrons. The molecule has 12 rings (SSSR count). The molecular weight excluding hydrogens is 1220 g/mol. The van der Waals surface area contributed by atoms with Crippen LogP contribution >= 0.6 is 0 Å². The van der Waals surface area contributed by atoms with Crippen molar-refractivity contribution in [3.8, 4) is 76.1 Å². The maximum atomic E-state index is 12.6. The molecule has 3 saturated heterocycles. The highest BCUT2D eigenvalue weighted by atomic mass is 16.5. The molecule has 3 fully saturated rings. The molecule has 1 atom stereocenters. The van der Waals surface area contributed by atoms with Gasteiger partial charge in [-0.05, 0) is 119 Å². The van der Waals surface area contributed by atoms with Gasteiger partial charge in [0.25, 0.3) is 5.91 Å². The van der Waals surface area contributed by atoms with E-state index in [2.05, 4.69) is 62.3 Å². The predicted molar refractivity (Wildman–Crippen MR) is 365 cm³/mol. The second-order valence-electron chi connectivity index (χ2n) is 22.9. The Labute approximate surface area is 556 Å². The molecule has 3 aliphatic rings. The van der Waals surface area contributed by atoms with Crippen LogP contribution in [0.4, 0.5) is 17.5 Å². The molecule has 3 aromatic carbocycles. The zero-order valence-corrected chi connectivity index (χ0v) is 55.2. The first-order chi connectivity index (χ1) is 46.4. The summed E-state index contributed by atoms with van der Waals surface area (Å²) in [5.41, 5.74) is 25.5. The standard InChI is InChI=1S/C26H30N6O3.C23H23N5O3.C23H21N5O2/c1-30(2)11-5-6-23(33)31-12-9-19(17-31)26-29-22(24-25(27)28-10-13-32(24)26)8-7-18-14-20(34-3)16-21(15-18)35-4;1-4-5-20(29)27-13-16(14-27)23-26-19(21-22(24)25-8-9-28(21)23)7-6-15-10-17(30-2)12-18(11-15)31-3;1-4-5-20(29)27-13-17(14-27)23-26-19(21-22(24)25-8-9-28(21)23)7-6-16-10-15(2)11-18(12-16)30-3/h5-6,10,13-16,19H,9,11-12,17H2,1-4H3,(H2,27,28);4-5,8-12,16H,13-14H2,1-3H3,(H2,24,25);8-12,17H,13-14H2,1-3H3,(H2,24,25)/b6-5+;5-4+;. The second kappa shape index (κ2) is 30.2. The van der Waals surface area contributed by atoms with Crippen molar-refractivity contribution in [1.29, 1.82) is 0 Å². The predicted octanol–water partition coefficient (Wildman–Crippen LogP) is 6.37. The summed E-state index contributed by atoms with van der Waals surface area (Å²) in [5, 5.41) is 0. The van der Waals surface area contributed by atoms with E-state index in [4.69, 9.17) is 55.8 Å². The number of nitrogen functional groups attached to an aromatic ring is 3. The van der Waals surface area contributed by atoms with Gasteiger partial charge in [-0.25, -0.2) is 29.9 Å². The van der Waals surface area contributed by atoms with Crippen LogP contribution in [0.1, 0.15) is 94.8 Å². The lowest BCUT2D eigenvalue weighted by Crippen LogP contribution is -2.48. The molecular formula is C72H74N16O8. The number of imidazole rings is 3. The lowest BCUT2D eigenvalue weighted by molar-refractivity contribution is -0.130. The van der Waals surface area contributed by atoms with Gasteiger partial charge < -0.3 is 60.5 Å². The summed E-state index contributed by atoms with van der Waals surface area (Å²) in [6.07, 6.45) is 18.1. The number of hydrogen-bond acceptors (Lipinski definition) is 18. The van der Waals surface area contributed by atoms with Crippen LogP contribution < -0.4 is 40.9 Å². The minimum absolute atomic E-state index is 0.00720. The van der Waals surface area contributed by atoms with Crippen LogP contribution in [0.15, 0.2) is 116 Å². The maximum Gasteiger partial charge on any atom is 0.298 e. The molecule has 24 nitrogen and oxygen atoms in total. The van der Waals surface area contributed by atoms with Gasteiger partial charge in [-0.1, -0.05) is 35.8 Å². The lowest BCUT2D eigenvalue weighted by Gasteiger charge is -2.37. The number of nitrogens with zero attached hydrogens (tertiary/aromatic N) is 13. The van der Waals surface area contributed by atoms with Crippen molar-refractivity contribution < 1.29 is 38.1 Å². The summed E-state index contributed by atoms with van der Waals surface area (Å²) < 4.78 is 32.4. The number of methoxy groups -OCH3 is 5. The monoisotopic (exact) mass is 1290 g/mol. The van der Waals surface area contributed by atoms with Gasteiger partial charge in [0.15, 0.2) is 17.5 Å². The molecule has 0 saturated carbocycles. The number of ether oxygens (including phenoxy) is 5. The topological polar surface area (TPSA) is 279 Å². The van der Waals surface area contributed by atoms with E-state index in [9.17, 15) is 14.4 Å². The Bertz CT molecular complexity index is 4710. The highest BCUT2D eigenvalue weighted by Gasteiger charge is 2.36. The first-order valence-electron chi connectivity index (χ1n) is 30.7. The van der Waals surface area contributed by atoms with Crippen molar-refractivity contribution in [1.82, 2.24) is 62.7 Å². The number of aryl methyl sites for hydroxylation is 1. The lowest BCUT2D eigenvalue weighted by atomic mass is 9.99. The van der Waals surface area contributed by atoms with Gasteiger partial charge in [0, 0.05) is 124 Å². The van der Waals surface area contributed by atoms with E-state index in [0.717, 1.165) is 58.4 Å². The molecule has 9 aromatic rings. The number of aromatic nitrogens is 9. The van der Waals surface area contributed by atoms with E-state index >= 15 is 0 Å². The Morgan fingerprint density at radius 3 is 1.32 bits per heavy atom. The van der Waals surface area contributed by atoms with E-state index in [1.165, 1.54) is 0 Å². The molecule has 96 heavy (non-hydrogen) atoms. The third-order valence-corrected chi connectivity index (χ3v) is 16.0. The molecule has 6 N–H and O–H groups in total. The molecule has 24 heteroatoms. The fraction of sp³-hybridized carbons (Fsp3) is 0.292. The number of nitrogens with two attached hydrogens (primary N) is 3. The molecule has 6 aromatic heterocycles. The third-order valence-electron chi connectivity index (χ3n) is 16.0. The van der Waals surface area contributed by atoms with E-state index in [0.29, 0.717) is 113 Å². The smallest absolute Gasteiger partial charge is 0.298 e. The molecule has 9 heterocycles. The van der Waals surface area contributed by atoms with Crippen LogP contribution in [0.2, 0.25) is 0 Å². The molecule has 3 aliphatic heterocycles. The fourth-order valence-corrected chi connectivity index (χ4v) is 11.2. The van der Waals surface area contributed by atoms with Crippen molar-refractivity contribution in [2.24, 2.45) is 0 Å². The number of carbonyl (C=O) groups is 3. The number of likely N-dealkylation sites (tertiary alicyclic amines) is 3. The number of fused-ring (bicyclic) bond motifs is 3. The van der Waals surface area contributed by atoms with E-state index in [1.807, 2.05) is 118 Å². The Kier molecular flexibility index (Phi) is 21.0. The molecule has 0 bridgehead atoms. The first kappa shape index (κ1) is 66.9. The van der Waals surface area contributed by atoms with Crippen molar-refractivity contribution in [2.75, 3.05) is 113 Å². The largest absolute Gasteiger partial charge is 0.497 e. The van der Waals surface area contributed by atoms with Crippen molar-refractivity contribution in [3.63, 3.8) is 0 Å². The Hall–Kier alpha value is -12.0. The maximum absolute atomic E-state index is 12.6. The average Bonchev–Trinajstić information content (AvgIpc) is 1.61. The van der Waals surface area contributed by atoms with Gasteiger partial charge in [0.1, 0.15) is 79.9 Å². The van der Waals surface area contributed by atoms with E-state index in [-0.39, 0.29) is 35.5 Å². The summed E-state index contributed by atoms with van der Waals surface area (Å²) in [4.78, 5) is 70.9. The number of allylic oxidation sites excluding steroid dienone is 1. The molecule has 490 valence electrons. The van der Waals surface area contributed by atoms with Gasteiger partial charge in [0.2, 0.25) is 11.8 Å². The zero-order chi connectivity index (χ0) is 68.2. The summed E-state index contributed by atoms with van der Waals surface area (Å²) in [5.74, 6) is 31.1. The zero-order valence-electron chi connectivity index (χ0n) is 55.2. The van der Waals surface area contributed by atoms with Crippen LogP contribution in [0, 0.1) is 54.3 Å². The van der Waals surface area contributed by atoms with Crippen LogP contribution in [-0.4, -0.2) is 176 Å². The number of anilines is 3. The van der Waals surface area contributed by atoms with Gasteiger partial charge in [-0.15, -0.1) is 0 Å². The van der Waals surface area contributed by atoms with Crippen LogP contribution in [0.3, 0.4) is 0 Å². The number of benzene rings is 3. The molecule has 3 amide bonds. The second-order valence-corrected chi connectivity index (χ2v) is 22.9. The molecule has 0 aliphatic carbocycles. The first-order valence-corrected chi connectivity index (χ1v) is 30.7. The molecule has 0 spiro atoms. The van der Waals surface area contributed by atoms with E-state index < -0.39 is 0 Å². The van der Waals surface area contributed by atoms with Gasteiger partial charge in [-0.3, -0.25) is 27.6 Å². The normalized spacial score (nSPS) is 14.2. The average molecular weight is 1290 g/mol. The Balaban J connectivity index is 0.000000157. The Morgan fingerprint density at radius 2 is 0.917 bits per heavy atom. The van der Waals surface area contributed by atoms with E-state index in [1.54, 1.807) is 101 Å². The summed E-state index contributed by atoms with van der Waals surface area (Å²) in [7, 11) is 12.0. The highest BCUT2D eigenvalue weighted by molar-refractivity contribution is 5.94. The minimum atomic E-state index is -0.163. The van der Waals surface area contributed by atoms with Crippen LogP contribution in [0.5, 0.6) is 28.7 Å². The van der Waals surface area contributed by atoms with Gasteiger partial charge in [-0.2, -0.15) is 0 Å². The summed E-state index contributed by atoms with van der Waals surface area (Å²) in [6.45, 7) is 9.80. The van der Waals surface area contributed by atoms with Crippen LogP contribution in [0.25, 0.3) is 16.6 Å². The number of amides is 3. The number of likely N-dealkylation sites (N-methyl/N-ethyl adjacent to an activating group) is 1. The number of carbonyl (C=O) groups excluding carboxylic acids is 3. The number of rotatable bonds is 12. The quantitative estimate of drug-likeness (QED) is 0.0885. The third kappa shape index (κ3) is 15.2. The van der Waals surface area contributed by atoms with Crippen molar-refractivity contribution in [2.45, 2.75) is 44.9 Å². The SMILES string of the molecule is C/C=C/C(=O)N1CC(c2nc(C#Cc3cc(OC)cc(OC)c3)c3c(N)nccn23)C1.CC#CC(=O)N1CC(c2nc(C#Cc3cc(C)cc(OC)c3)c3c(N)nccn23)C1.COc1cc(C#Cc2nc(C3CCN(C(=O)/C=C/CN(C)C)C3)n3ccnc(N)c23)cc(OC)c1. The number of hydrogen-bond donors (Lipinski definition) is 3. The summed E-state index contributed by atoms with van der Waals surface area (Å²) >= 11 is 0. The van der Waals surface area contributed by atoms with Gasteiger partial charge in [0.05, 0.1) is 47.4 Å². The van der Waals surface area contributed by atoms with Crippen molar-refractivity contribution in [3.05, 3.63) is 173 Å². The van der Waals surface area contributed by atoms with Crippen molar-refractivity contribution >= 4 is 51.7 Å². The van der Waals surface area contributed by atoms with Crippen LogP contribution in [-0.2, 0) is 14.4 Å².